The van der Waals surface area contributed by atoms with Crippen LogP contribution in [0.1, 0.15) is 149 Å². The van der Waals surface area contributed by atoms with Gasteiger partial charge in [-0.1, -0.05) is 144 Å². The molecule has 5 N–H and O–H groups in total. The third-order valence-corrected chi connectivity index (χ3v) is 10.3. The van der Waals surface area contributed by atoms with Crippen LogP contribution in [0, 0.1) is 0 Å². The van der Waals surface area contributed by atoms with Crippen molar-refractivity contribution in [3.8, 4) is 0 Å². The number of ether oxygens (including phenoxy) is 2. The molecule has 0 saturated heterocycles. The average molecular weight is 917 g/mol. The highest BCUT2D eigenvalue weighted by Gasteiger charge is 2.28. The molecule has 0 radical (unpaired) electrons. The zero-order valence-electron chi connectivity index (χ0n) is 37.3. The van der Waals surface area contributed by atoms with Gasteiger partial charge in [-0.25, -0.2) is 9.13 Å². The van der Waals surface area contributed by atoms with Crippen LogP contribution in [0.3, 0.4) is 0 Å². The lowest BCUT2D eigenvalue weighted by Gasteiger charge is -2.20. The minimum atomic E-state index is -4.89. The van der Waals surface area contributed by atoms with Gasteiger partial charge in [0.25, 0.3) is 0 Å². The summed E-state index contributed by atoms with van der Waals surface area (Å²) < 4.78 is 47.6. The van der Waals surface area contributed by atoms with Crippen molar-refractivity contribution in [2.75, 3.05) is 26.4 Å². The van der Waals surface area contributed by atoms with E-state index in [0.717, 1.165) is 38.5 Å². The van der Waals surface area contributed by atoms with Crippen molar-refractivity contribution < 1.29 is 66.7 Å². The maximum atomic E-state index is 12.7. The molecule has 0 saturated carbocycles. The Morgan fingerprint density at radius 2 is 1.02 bits per heavy atom. The number of phosphoric ester groups is 2. The van der Waals surface area contributed by atoms with E-state index >= 15 is 0 Å². The fraction of sp³-hybridized carbons (Fsp3) is 0.652. The number of esters is 2. The van der Waals surface area contributed by atoms with Gasteiger partial charge in [0.2, 0.25) is 0 Å². The van der Waals surface area contributed by atoms with Gasteiger partial charge in [-0.3, -0.25) is 23.2 Å². The number of hydrogen-bond acceptors (Lipinski definition) is 11. The van der Waals surface area contributed by atoms with E-state index in [4.69, 9.17) is 23.8 Å². The van der Waals surface area contributed by atoms with Crippen molar-refractivity contribution >= 4 is 27.6 Å². The summed E-state index contributed by atoms with van der Waals surface area (Å²) in [4.78, 5) is 52.7. The normalized spacial score (nSPS) is 15.3. The number of phosphoric acid groups is 2. The van der Waals surface area contributed by atoms with Crippen LogP contribution in [0.2, 0.25) is 0 Å². The predicted molar refractivity (Wildman–Crippen MR) is 245 cm³/mol. The van der Waals surface area contributed by atoms with E-state index < -0.39 is 72.3 Å². The topological polar surface area (TPSA) is 216 Å². The maximum absolute atomic E-state index is 12.7. The van der Waals surface area contributed by atoms with Gasteiger partial charge in [0.05, 0.1) is 25.9 Å². The van der Waals surface area contributed by atoms with E-state index in [1.165, 1.54) is 57.8 Å². The van der Waals surface area contributed by atoms with Crippen LogP contribution in [0.15, 0.2) is 85.1 Å². The van der Waals surface area contributed by atoms with Crippen molar-refractivity contribution in [2.24, 2.45) is 0 Å². The van der Waals surface area contributed by atoms with Gasteiger partial charge >= 0.3 is 27.6 Å². The molecule has 0 rings (SSSR count). The molecule has 0 aromatic carbocycles. The van der Waals surface area contributed by atoms with E-state index in [9.17, 15) is 33.8 Å². The summed E-state index contributed by atoms with van der Waals surface area (Å²) in [5.41, 5.74) is 0. The van der Waals surface area contributed by atoms with Crippen LogP contribution in [0.5, 0.6) is 0 Å². The van der Waals surface area contributed by atoms with Gasteiger partial charge in [-0.05, 0) is 77.0 Å². The summed E-state index contributed by atoms with van der Waals surface area (Å²) in [5, 5.41) is 20.0. The van der Waals surface area contributed by atoms with Crippen LogP contribution in [-0.4, -0.2) is 81.6 Å². The molecule has 0 spiro atoms. The Balaban J connectivity index is 4.79. The molecule has 62 heavy (non-hydrogen) atoms. The van der Waals surface area contributed by atoms with Gasteiger partial charge in [0, 0.05) is 12.8 Å². The van der Waals surface area contributed by atoms with E-state index in [-0.39, 0.29) is 25.7 Å². The molecule has 1 unspecified atom stereocenters. The molecule has 0 amide bonds. The minimum absolute atomic E-state index is 0.0788. The fourth-order valence-electron chi connectivity index (χ4n) is 5.41. The number of carbonyl (C=O) groups excluding carboxylic acids is 2. The first-order valence-electron chi connectivity index (χ1n) is 22.4. The van der Waals surface area contributed by atoms with E-state index in [0.29, 0.717) is 12.8 Å². The Morgan fingerprint density at radius 1 is 0.532 bits per heavy atom. The van der Waals surface area contributed by atoms with Crippen LogP contribution in [-0.2, 0) is 41.8 Å². The first-order valence-corrected chi connectivity index (χ1v) is 25.4. The zero-order valence-corrected chi connectivity index (χ0v) is 39.1. The Morgan fingerprint density at radius 3 is 1.63 bits per heavy atom. The second-order valence-electron chi connectivity index (χ2n) is 14.8. The zero-order chi connectivity index (χ0) is 46.0. The molecule has 4 atom stereocenters. The Labute approximate surface area is 371 Å². The molecule has 0 fully saturated rings. The average Bonchev–Trinajstić information content (AvgIpc) is 3.22. The highest BCUT2D eigenvalue weighted by molar-refractivity contribution is 7.47. The van der Waals surface area contributed by atoms with Crippen molar-refractivity contribution in [1.29, 1.82) is 0 Å². The highest BCUT2D eigenvalue weighted by Crippen LogP contribution is 2.43. The molecule has 0 aliphatic carbocycles. The number of carbonyl (C=O) groups is 2. The van der Waals surface area contributed by atoms with Gasteiger partial charge in [-0.15, -0.1) is 0 Å². The monoisotopic (exact) mass is 916 g/mol. The Kier molecular flexibility index (Phi) is 39.2. The van der Waals surface area contributed by atoms with Crippen LogP contribution in [0.4, 0.5) is 0 Å². The predicted octanol–water partition coefficient (Wildman–Crippen LogP) is 10.5. The van der Waals surface area contributed by atoms with Gasteiger partial charge in [0.15, 0.2) is 6.10 Å². The molecule has 0 aromatic heterocycles. The maximum Gasteiger partial charge on any atom is 0.472 e. The molecule has 0 bridgehead atoms. The molecule has 0 heterocycles. The van der Waals surface area contributed by atoms with Crippen LogP contribution in [0.25, 0.3) is 0 Å². The second-order valence-corrected chi connectivity index (χ2v) is 17.5. The molecular formula is C46H78O14P2. The van der Waals surface area contributed by atoms with Crippen LogP contribution >= 0.6 is 15.6 Å². The third-order valence-electron chi connectivity index (χ3n) is 8.85. The second kappa shape index (κ2) is 41.0. The van der Waals surface area contributed by atoms with Crippen LogP contribution < -0.4 is 0 Å². The van der Waals surface area contributed by atoms with Gasteiger partial charge in [-0.2, -0.15) is 0 Å². The number of aliphatic hydroxyl groups is 2. The fourth-order valence-corrected chi connectivity index (χ4v) is 6.56. The van der Waals surface area contributed by atoms with Gasteiger partial charge in [0.1, 0.15) is 12.7 Å². The van der Waals surface area contributed by atoms with Gasteiger partial charge < -0.3 is 34.4 Å². The largest absolute Gasteiger partial charge is 0.472 e. The summed E-state index contributed by atoms with van der Waals surface area (Å²) in [6.45, 7) is 1.44. The van der Waals surface area contributed by atoms with E-state index in [2.05, 4.69) is 71.5 Å². The lowest BCUT2D eigenvalue weighted by atomic mass is 10.1. The smallest absolute Gasteiger partial charge is 0.462 e. The van der Waals surface area contributed by atoms with E-state index in [1.807, 2.05) is 24.3 Å². The third kappa shape index (κ3) is 43.9. The summed E-state index contributed by atoms with van der Waals surface area (Å²) >= 11 is 0. The number of aliphatic hydroxyl groups excluding tert-OH is 2. The lowest BCUT2D eigenvalue weighted by Crippen LogP contribution is -2.30. The molecule has 14 nitrogen and oxygen atoms in total. The first-order chi connectivity index (χ1) is 29.8. The summed E-state index contributed by atoms with van der Waals surface area (Å²) in [6.07, 6.45) is 43.3. The Hall–Kier alpha value is -2.74. The standard InChI is InChI=1S/C46H78O14P2/c1-3-5-7-9-11-13-15-17-18-19-20-22-24-26-28-30-32-36-45(49)56-40-44(41-59-62(54,55)58-39-43(48)38-57-61(51,52)53)60-46(50)37-33-35-42(47)34-31-29-27-25-23-21-16-14-12-10-8-6-4-2/h12,14,17-18,20-23,26-29,31,34,42-44,47-48H,3-11,13,15-16,19,24-25,30,32-33,35-41H2,1-2H3,(H,54,55)(H2,51,52,53)/b14-12-,18-17-,22-20-,23-21-,28-26-,29-27-,34-31+/t42-,43-,44+/m0/s1. The first kappa shape index (κ1) is 59.3. The molecule has 356 valence electrons. The minimum Gasteiger partial charge on any atom is -0.462 e. The number of allylic oxidation sites excluding steroid dienone is 13. The number of rotatable bonds is 41. The summed E-state index contributed by atoms with van der Waals surface area (Å²) in [5.74, 6) is -1.30. The number of unbranched alkanes of at least 4 members (excludes halogenated alkanes) is 10. The summed E-state index contributed by atoms with van der Waals surface area (Å²) in [6, 6.07) is 0. The van der Waals surface area contributed by atoms with Crippen molar-refractivity contribution in [2.45, 2.75) is 167 Å². The molecule has 0 aliphatic rings. The van der Waals surface area contributed by atoms with E-state index in [1.54, 1.807) is 12.2 Å². The molecular weight excluding hydrogens is 838 g/mol. The lowest BCUT2D eigenvalue weighted by molar-refractivity contribution is -0.161. The SMILES string of the molecule is CCCCC/C=C\C/C=C\C/C=C\C=C\[C@H](O)CCCC(=O)O[C@H](COC(=O)CCC/C=C\C/C=C\C/C=C\CCCCCCCC)COP(=O)(O)OC[C@@H](O)COP(=O)(O)O. The Bertz CT molecular complexity index is 1430. The van der Waals surface area contributed by atoms with Crippen molar-refractivity contribution in [3.05, 3.63) is 85.1 Å². The van der Waals surface area contributed by atoms with Crippen molar-refractivity contribution in [3.63, 3.8) is 0 Å². The highest BCUT2D eigenvalue weighted by atomic mass is 31.2. The summed E-state index contributed by atoms with van der Waals surface area (Å²) in [7, 11) is -9.77. The number of hydrogen-bond donors (Lipinski definition) is 5. The molecule has 16 heteroatoms. The van der Waals surface area contributed by atoms with Crippen molar-refractivity contribution in [1.82, 2.24) is 0 Å². The quantitative estimate of drug-likeness (QED) is 0.0127. The molecule has 0 aliphatic heterocycles. The molecule has 0 aromatic rings.